The van der Waals surface area contributed by atoms with Crippen LogP contribution < -0.4 is 14.8 Å². The van der Waals surface area contributed by atoms with E-state index in [-0.39, 0.29) is 0 Å². The monoisotopic (exact) mass is 464 g/mol. The molecule has 1 heterocycles. The Balaban J connectivity index is 1.41. The van der Waals surface area contributed by atoms with Crippen LogP contribution in [0.2, 0.25) is 5.02 Å². The van der Waals surface area contributed by atoms with Crippen LogP contribution in [0.4, 0.5) is 0 Å². The smallest absolute Gasteiger partial charge is 0.321 e. The molecular formula is C26H25ClN2O4. The second-order valence-corrected chi connectivity index (χ2v) is 8.18. The summed E-state index contributed by atoms with van der Waals surface area (Å²) in [5.74, 6) is 0.295. The average Bonchev–Trinajstić information content (AvgIpc) is 3.23. The SMILES string of the molecule is COc1cc(CN[C@H](Cc2c[nH]c3ccccc23)C(=O)O)ccc1OCc1cccc(Cl)c1. The van der Waals surface area contributed by atoms with Crippen LogP contribution in [0.3, 0.4) is 0 Å². The number of nitrogens with one attached hydrogen (secondary N) is 2. The first kappa shape index (κ1) is 22.7. The van der Waals surface area contributed by atoms with Gasteiger partial charge in [0.15, 0.2) is 11.5 Å². The summed E-state index contributed by atoms with van der Waals surface area (Å²) in [4.78, 5) is 15.1. The van der Waals surface area contributed by atoms with Gasteiger partial charge in [-0.15, -0.1) is 0 Å². The minimum absolute atomic E-state index is 0.361. The first-order valence-electron chi connectivity index (χ1n) is 10.6. The molecule has 0 aliphatic carbocycles. The van der Waals surface area contributed by atoms with Crippen molar-refractivity contribution in [1.29, 1.82) is 0 Å². The maximum absolute atomic E-state index is 11.9. The van der Waals surface area contributed by atoms with Gasteiger partial charge in [-0.2, -0.15) is 0 Å². The maximum atomic E-state index is 11.9. The second-order valence-electron chi connectivity index (χ2n) is 7.74. The normalized spacial score (nSPS) is 11.9. The Hall–Kier alpha value is -3.48. The summed E-state index contributed by atoms with van der Waals surface area (Å²) >= 11 is 6.03. The molecule has 3 aromatic carbocycles. The number of carboxylic acid groups (broad SMARTS) is 1. The molecule has 6 nitrogen and oxygen atoms in total. The first-order valence-corrected chi connectivity index (χ1v) is 11.0. The Morgan fingerprint density at radius 2 is 1.91 bits per heavy atom. The fraction of sp³-hybridized carbons (Fsp3) is 0.192. The Morgan fingerprint density at radius 3 is 2.70 bits per heavy atom. The minimum atomic E-state index is -0.895. The van der Waals surface area contributed by atoms with E-state index in [0.717, 1.165) is 27.6 Å². The van der Waals surface area contributed by atoms with Crippen LogP contribution in [-0.4, -0.2) is 29.2 Å². The van der Waals surface area contributed by atoms with Crippen LogP contribution in [0, 0.1) is 0 Å². The zero-order chi connectivity index (χ0) is 23.2. The zero-order valence-electron chi connectivity index (χ0n) is 18.2. The Kier molecular flexibility index (Phi) is 7.17. The number of methoxy groups -OCH3 is 1. The molecule has 0 saturated carbocycles. The standard InChI is InChI=1S/C26H25ClN2O4/c1-32-25-12-17(9-10-24(25)33-16-18-5-4-6-20(27)11-18)14-28-23(26(30)31)13-19-15-29-22-8-3-2-7-21(19)22/h2-12,15,23,28-29H,13-14,16H2,1H3,(H,30,31)/t23-/m1/s1. The highest BCUT2D eigenvalue weighted by atomic mass is 35.5. The van der Waals surface area contributed by atoms with Crippen molar-refractivity contribution in [1.82, 2.24) is 10.3 Å². The van der Waals surface area contributed by atoms with E-state index in [4.69, 9.17) is 21.1 Å². The summed E-state index contributed by atoms with van der Waals surface area (Å²) in [6.07, 6.45) is 2.24. The van der Waals surface area contributed by atoms with E-state index < -0.39 is 12.0 Å². The van der Waals surface area contributed by atoms with Crippen LogP contribution in [0.15, 0.2) is 72.9 Å². The molecule has 3 N–H and O–H groups in total. The predicted molar refractivity (Wildman–Crippen MR) is 129 cm³/mol. The molecule has 0 aliphatic heterocycles. The number of H-pyrrole nitrogens is 1. The van der Waals surface area contributed by atoms with Crippen molar-refractivity contribution in [3.63, 3.8) is 0 Å². The molecule has 4 aromatic rings. The van der Waals surface area contributed by atoms with Gasteiger partial charge in [-0.05, 0) is 47.0 Å². The minimum Gasteiger partial charge on any atom is -0.493 e. The first-order chi connectivity index (χ1) is 16.0. The number of aliphatic carboxylic acids is 1. The molecule has 170 valence electrons. The summed E-state index contributed by atoms with van der Waals surface area (Å²) in [5, 5.41) is 14.6. The van der Waals surface area contributed by atoms with E-state index in [2.05, 4.69) is 10.3 Å². The summed E-state index contributed by atoms with van der Waals surface area (Å²) in [6, 6.07) is 20.2. The number of aromatic amines is 1. The van der Waals surface area contributed by atoms with E-state index in [1.54, 1.807) is 7.11 Å². The molecule has 0 amide bonds. The van der Waals surface area contributed by atoms with Gasteiger partial charge >= 0.3 is 5.97 Å². The molecule has 0 spiro atoms. The number of rotatable bonds is 10. The summed E-state index contributed by atoms with van der Waals surface area (Å²) in [7, 11) is 1.58. The van der Waals surface area contributed by atoms with Crippen molar-refractivity contribution in [2.45, 2.75) is 25.6 Å². The molecule has 0 aliphatic rings. The molecule has 0 unspecified atom stereocenters. The summed E-state index contributed by atoms with van der Waals surface area (Å²) in [6.45, 7) is 0.741. The van der Waals surface area contributed by atoms with Crippen LogP contribution >= 0.6 is 11.6 Å². The van der Waals surface area contributed by atoms with Crippen LogP contribution in [-0.2, 0) is 24.4 Å². The van der Waals surface area contributed by atoms with Crippen molar-refractivity contribution in [3.8, 4) is 11.5 Å². The number of halogens is 1. The quantitative estimate of drug-likeness (QED) is 0.300. The van der Waals surface area contributed by atoms with Crippen molar-refractivity contribution < 1.29 is 19.4 Å². The van der Waals surface area contributed by atoms with E-state index in [9.17, 15) is 9.90 Å². The molecule has 0 bridgehead atoms. The topological polar surface area (TPSA) is 83.6 Å². The number of hydrogen-bond acceptors (Lipinski definition) is 4. The number of hydrogen-bond donors (Lipinski definition) is 3. The average molecular weight is 465 g/mol. The van der Waals surface area contributed by atoms with Crippen molar-refractivity contribution in [2.24, 2.45) is 0 Å². The van der Waals surface area contributed by atoms with Crippen molar-refractivity contribution in [2.75, 3.05) is 7.11 Å². The lowest BCUT2D eigenvalue weighted by atomic mass is 10.0. The Labute approximate surface area is 197 Å². The molecule has 0 fully saturated rings. The molecule has 7 heteroatoms. The number of carboxylic acids is 1. The highest BCUT2D eigenvalue weighted by molar-refractivity contribution is 6.30. The molecule has 0 saturated heterocycles. The van der Waals surface area contributed by atoms with E-state index >= 15 is 0 Å². The lowest BCUT2D eigenvalue weighted by molar-refractivity contribution is -0.139. The third-order valence-electron chi connectivity index (χ3n) is 5.46. The number of aromatic nitrogens is 1. The third-order valence-corrected chi connectivity index (χ3v) is 5.70. The van der Waals surface area contributed by atoms with Gasteiger partial charge in [-0.1, -0.05) is 48.0 Å². The molecule has 4 rings (SSSR count). The predicted octanol–water partition coefficient (Wildman–Crippen LogP) is 5.19. The number of carbonyl (C=O) groups is 1. The molecule has 33 heavy (non-hydrogen) atoms. The van der Waals surface area contributed by atoms with Gasteiger partial charge in [0.1, 0.15) is 12.6 Å². The lowest BCUT2D eigenvalue weighted by Crippen LogP contribution is -2.38. The fourth-order valence-electron chi connectivity index (χ4n) is 3.74. The van der Waals surface area contributed by atoms with E-state index in [1.165, 1.54) is 0 Å². The lowest BCUT2D eigenvalue weighted by Gasteiger charge is -2.16. The van der Waals surface area contributed by atoms with E-state index in [0.29, 0.717) is 36.1 Å². The van der Waals surface area contributed by atoms with Gasteiger partial charge in [-0.3, -0.25) is 4.79 Å². The number of para-hydroxylation sites is 1. The van der Waals surface area contributed by atoms with Gasteiger partial charge in [0.25, 0.3) is 0 Å². The molecule has 1 atom stereocenters. The van der Waals surface area contributed by atoms with Crippen LogP contribution in [0.25, 0.3) is 10.9 Å². The van der Waals surface area contributed by atoms with Crippen molar-refractivity contribution in [3.05, 3.63) is 94.6 Å². The Morgan fingerprint density at radius 1 is 1.06 bits per heavy atom. The van der Waals surface area contributed by atoms with Gasteiger partial charge in [0, 0.05) is 35.1 Å². The number of fused-ring (bicyclic) bond motifs is 1. The summed E-state index contributed by atoms with van der Waals surface area (Å²) in [5.41, 5.74) is 3.81. The molecule has 0 radical (unpaired) electrons. The molecular weight excluding hydrogens is 440 g/mol. The van der Waals surface area contributed by atoms with E-state index in [1.807, 2.05) is 72.9 Å². The highest BCUT2D eigenvalue weighted by Gasteiger charge is 2.19. The number of ether oxygens (including phenoxy) is 2. The Bertz CT molecular complexity index is 1250. The van der Waals surface area contributed by atoms with Gasteiger partial charge in [0.05, 0.1) is 7.11 Å². The van der Waals surface area contributed by atoms with Gasteiger partial charge < -0.3 is 24.9 Å². The van der Waals surface area contributed by atoms with Gasteiger partial charge in [0.2, 0.25) is 0 Å². The number of benzene rings is 3. The highest BCUT2D eigenvalue weighted by Crippen LogP contribution is 2.29. The van der Waals surface area contributed by atoms with Crippen LogP contribution in [0.5, 0.6) is 11.5 Å². The van der Waals surface area contributed by atoms with Crippen molar-refractivity contribution >= 4 is 28.5 Å². The second kappa shape index (κ2) is 10.4. The van der Waals surface area contributed by atoms with Gasteiger partial charge in [-0.25, -0.2) is 0 Å². The fourth-order valence-corrected chi connectivity index (χ4v) is 3.95. The largest absolute Gasteiger partial charge is 0.493 e. The third kappa shape index (κ3) is 5.66. The van der Waals surface area contributed by atoms with Crippen LogP contribution in [0.1, 0.15) is 16.7 Å². The maximum Gasteiger partial charge on any atom is 0.321 e. The zero-order valence-corrected chi connectivity index (χ0v) is 18.9. The summed E-state index contributed by atoms with van der Waals surface area (Å²) < 4.78 is 11.4. The molecule has 1 aromatic heterocycles.